The number of hydrogen-bond acceptors (Lipinski definition) is 4. The Morgan fingerprint density at radius 3 is 2.64 bits per heavy atom. The van der Waals surface area contributed by atoms with Crippen LogP contribution in [0.1, 0.15) is 28.4 Å². The van der Waals surface area contributed by atoms with Crippen LogP contribution in [0.4, 0.5) is 33.7 Å². The number of alkyl halides is 3. The maximum atomic E-state index is 15.1. The number of hydrogen-bond donors (Lipinski definition) is 3. The molecule has 2 aromatic carbocycles. The monoisotopic (exact) mass is 491 g/mol. The van der Waals surface area contributed by atoms with E-state index in [1.54, 1.807) is 0 Å². The maximum absolute atomic E-state index is 15.1. The number of pyridine rings is 1. The number of aromatic nitrogens is 1. The molecule has 0 saturated carbocycles. The first-order valence-corrected chi connectivity index (χ1v) is 8.82. The first-order chi connectivity index (χ1) is 19.2. The highest BCUT2D eigenvalue weighted by Crippen LogP contribution is 2.36. The molecular formula is C21H15ClF4N4O3. The number of amides is 3. The van der Waals surface area contributed by atoms with Crippen molar-refractivity contribution < 1.29 is 44.2 Å². The van der Waals surface area contributed by atoms with E-state index < -0.39 is 106 Å². The SMILES string of the molecule is [2H]c1nc(C(=O)NC([2H])([2H])[2H])c([2H])c(Oc2c([2H])c([2H])c(NC(=O)Nc3ccc(Cl)c(C(F)(F)F)c3)c(F)c2[2H])c1[2H]. The molecule has 7 nitrogen and oxygen atoms in total. The third-order valence-electron chi connectivity index (χ3n) is 3.61. The predicted molar refractivity (Wildman–Crippen MR) is 113 cm³/mol. The summed E-state index contributed by atoms with van der Waals surface area (Å²) in [6.07, 6.45) is -5.86. The molecule has 3 rings (SSSR count). The Bertz CT molecular complexity index is 1580. The molecule has 0 atom stereocenters. The number of nitrogens with one attached hydrogen (secondary N) is 3. The van der Waals surface area contributed by atoms with E-state index in [0.29, 0.717) is 6.07 Å². The number of carbonyl (C=O) groups excluding carboxylic acids is 2. The molecule has 0 unspecified atom stereocenters. The van der Waals surface area contributed by atoms with Gasteiger partial charge in [-0.25, -0.2) is 9.18 Å². The lowest BCUT2D eigenvalue weighted by atomic mass is 10.2. The second kappa shape index (κ2) is 9.74. The van der Waals surface area contributed by atoms with Gasteiger partial charge < -0.3 is 20.7 Å². The minimum absolute atomic E-state index is 0.429. The van der Waals surface area contributed by atoms with Gasteiger partial charge in [-0.3, -0.25) is 9.78 Å². The molecule has 0 spiro atoms. The average Bonchev–Trinajstić information content (AvgIpc) is 2.86. The summed E-state index contributed by atoms with van der Waals surface area (Å²) < 4.78 is 129. The van der Waals surface area contributed by atoms with Crippen LogP contribution in [-0.4, -0.2) is 23.9 Å². The van der Waals surface area contributed by atoms with Gasteiger partial charge in [0.1, 0.15) is 23.0 Å². The van der Waals surface area contributed by atoms with Crippen molar-refractivity contribution in [2.24, 2.45) is 0 Å². The van der Waals surface area contributed by atoms with Crippen molar-refractivity contribution in [3.8, 4) is 11.5 Å². The molecule has 12 heteroatoms. The molecule has 0 radical (unpaired) electrons. The fraction of sp³-hybridized carbons (Fsp3) is 0.0952. The largest absolute Gasteiger partial charge is 0.457 e. The molecule has 172 valence electrons. The fourth-order valence-electron chi connectivity index (χ4n) is 2.22. The zero-order valence-corrected chi connectivity index (χ0v) is 16.5. The molecule has 0 saturated heterocycles. The highest BCUT2D eigenvalue weighted by atomic mass is 35.5. The van der Waals surface area contributed by atoms with Crippen LogP contribution in [0.5, 0.6) is 11.5 Å². The van der Waals surface area contributed by atoms with Crippen LogP contribution in [0.3, 0.4) is 0 Å². The summed E-state index contributed by atoms with van der Waals surface area (Å²) in [6, 6.07) is -4.58. The van der Waals surface area contributed by atoms with Crippen molar-refractivity contribution in [2.45, 2.75) is 6.18 Å². The lowest BCUT2D eigenvalue weighted by Gasteiger charge is -2.13. The van der Waals surface area contributed by atoms with Crippen molar-refractivity contribution in [2.75, 3.05) is 17.6 Å². The van der Waals surface area contributed by atoms with Crippen molar-refractivity contribution in [1.82, 2.24) is 10.3 Å². The molecule has 3 amide bonds. The van der Waals surface area contributed by atoms with Gasteiger partial charge >= 0.3 is 12.2 Å². The molecule has 1 heterocycles. The van der Waals surface area contributed by atoms with E-state index in [1.165, 1.54) is 5.32 Å². The Hall–Kier alpha value is -3.86. The standard InChI is InChI=1S/C21H15ClF4N4O3/c1-27-19(31)18-10-13(6-7-28-18)33-12-3-5-17(16(23)9-12)30-20(32)29-11-2-4-15(22)14(8-11)21(24,25)26/h2-10H,1H3,(H,27,31)(H2,29,30,32)/i1D3,3D,5D,6D,7D,9D,10D. The first-order valence-electron chi connectivity index (χ1n) is 12.9. The number of benzene rings is 2. The number of carbonyl (C=O) groups is 2. The van der Waals surface area contributed by atoms with E-state index in [2.05, 4.69) is 4.98 Å². The molecule has 0 aliphatic rings. The van der Waals surface area contributed by atoms with Crippen LogP contribution in [0.25, 0.3) is 0 Å². The summed E-state index contributed by atoms with van der Waals surface area (Å²) in [5, 5.41) is 4.63. The zero-order valence-electron chi connectivity index (χ0n) is 24.8. The van der Waals surface area contributed by atoms with E-state index >= 15 is 4.39 Å². The molecule has 33 heavy (non-hydrogen) atoms. The van der Waals surface area contributed by atoms with Crippen LogP contribution in [0.2, 0.25) is 5.02 Å². The normalized spacial score (nSPS) is 15.2. The Morgan fingerprint density at radius 1 is 1.15 bits per heavy atom. The van der Waals surface area contributed by atoms with Gasteiger partial charge in [0.15, 0.2) is 0 Å². The third kappa shape index (κ3) is 6.10. The minimum atomic E-state index is -4.87. The molecule has 0 aliphatic heterocycles. The molecule has 0 fully saturated rings. The topological polar surface area (TPSA) is 92.3 Å². The van der Waals surface area contributed by atoms with Crippen LogP contribution in [-0.2, 0) is 6.18 Å². The van der Waals surface area contributed by atoms with Crippen molar-refractivity contribution >= 4 is 34.9 Å². The van der Waals surface area contributed by atoms with E-state index in [1.807, 2.05) is 10.6 Å². The van der Waals surface area contributed by atoms with Crippen LogP contribution in [0.15, 0.2) is 54.6 Å². The van der Waals surface area contributed by atoms with Gasteiger partial charge in [0.25, 0.3) is 5.91 Å². The molecular weight excluding hydrogens is 468 g/mol. The summed E-state index contributed by atoms with van der Waals surface area (Å²) in [6.45, 7) is -3.02. The van der Waals surface area contributed by atoms with Gasteiger partial charge in [0, 0.05) is 35.0 Å². The Labute approximate surface area is 202 Å². The maximum Gasteiger partial charge on any atom is 0.417 e. The quantitative estimate of drug-likeness (QED) is 0.400. The molecule has 0 aliphatic carbocycles. The number of ether oxygens (including phenoxy) is 1. The predicted octanol–water partition coefficient (Wildman–Crippen LogP) is 5.69. The van der Waals surface area contributed by atoms with Gasteiger partial charge in [0.05, 0.1) is 24.5 Å². The van der Waals surface area contributed by atoms with Gasteiger partial charge in [-0.05, 0) is 36.3 Å². The number of urea groups is 1. The minimum Gasteiger partial charge on any atom is -0.457 e. The number of nitrogens with zero attached hydrogens (tertiary/aromatic N) is 1. The highest BCUT2D eigenvalue weighted by Gasteiger charge is 2.33. The number of rotatable bonds is 5. The van der Waals surface area contributed by atoms with Crippen LogP contribution >= 0.6 is 11.6 Å². The number of anilines is 2. The fourth-order valence-corrected chi connectivity index (χ4v) is 2.45. The second-order valence-electron chi connectivity index (χ2n) is 5.87. The summed E-state index contributed by atoms with van der Waals surface area (Å²) in [5.41, 5.74) is -3.77. The van der Waals surface area contributed by atoms with E-state index in [0.717, 1.165) is 12.1 Å². The average molecular weight is 492 g/mol. The van der Waals surface area contributed by atoms with Crippen LogP contribution < -0.4 is 20.7 Å². The summed E-state index contributed by atoms with van der Waals surface area (Å²) >= 11 is 5.52. The van der Waals surface area contributed by atoms with Crippen molar-refractivity contribution in [1.29, 1.82) is 0 Å². The Balaban J connectivity index is 1.97. The lowest BCUT2D eigenvalue weighted by molar-refractivity contribution is -0.137. The smallest absolute Gasteiger partial charge is 0.417 e. The molecule has 1 aromatic heterocycles. The third-order valence-corrected chi connectivity index (χ3v) is 3.94. The van der Waals surface area contributed by atoms with Crippen LogP contribution in [0, 0.1) is 5.82 Å². The lowest BCUT2D eigenvalue weighted by Crippen LogP contribution is -2.20. The highest BCUT2D eigenvalue weighted by molar-refractivity contribution is 6.31. The van der Waals surface area contributed by atoms with E-state index in [-0.39, 0.29) is 0 Å². The summed E-state index contributed by atoms with van der Waals surface area (Å²) in [5.74, 6) is -5.23. The summed E-state index contributed by atoms with van der Waals surface area (Å²) in [4.78, 5) is 28.0. The number of halogens is 5. The molecule has 3 N–H and O–H groups in total. The second-order valence-corrected chi connectivity index (χ2v) is 6.28. The zero-order chi connectivity index (χ0) is 31.9. The Kier molecular flexibility index (Phi) is 4.23. The first kappa shape index (κ1) is 14.3. The molecule has 3 aromatic rings. The Morgan fingerprint density at radius 2 is 1.91 bits per heavy atom. The molecule has 0 bridgehead atoms. The van der Waals surface area contributed by atoms with E-state index in [9.17, 15) is 22.8 Å². The van der Waals surface area contributed by atoms with E-state index in [4.69, 9.17) is 28.7 Å². The van der Waals surface area contributed by atoms with Gasteiger partial charge in [-0.15, -0.1) is 0 Å². The van der Waals surface area contributed by atoms with Gasteiger partial charge in [0.2, 0.25) is 0 Å². The van der Waals surface area contributed by atoms with Gasteiger partial charge in [-0.2, -0.15) is 13.2 Å². The van der Waals surface area contributed by atoms with Crippen molar-refractivity contribution in [3.05, 3.63) is 76.7 Å². The van der Waals surface area contributed by atoms with Crippen molar-refractivity contribution in [3.63, 3.8) is 0 Å². The van der Waals surface area contributed by atoms with Gasteiger partial charge in [-0.1, -0.05) is 11.6 Å². The summed E-state index contributed by atoms with van der Waals surface area (Å²) in [7, 11) is 0.